The molecule has 0 bridgehead atoms. The SMILES string of the molecule is Cc1cccc(C)c1-n1nnnc1[C@H](CC(C)C)N1CCOCC1. The Morgan fingerprint density at radius 2 is 1.79 bits per heavy atom. The second-order valence-corrected chi connectivity index (χ2v) is 6.98. The Bertz CT molecular complexity index is 656. The highest BCUT2D eigenvalue weighted by molar-refractivity contribution is 5.46. The van der Waals surface area contributed by atoms with Gasteiger partial charge in [-0.15, -0.1) is 5.10 Å². The number of aromatic nitrogens is 4. The highest BCUT2D eigenvalue weighted by atomic mass is 16.5. The number of rotatable bonds is 5. The number of aryl methyl sites for hydroxylation is 2. The molecule has 0 saturated carbocycles. The molecule has 0 amide bonds. The number of ether oxygens (including phenoxy) is 1. The molecular weight excluding hydrogens is 302 g/mol. The molecular formula is C18H27N5O. The molecule has 1 aliphatic rings. The Kier molecular flexibility index (Phi) is 5.26. The van der Waals surface area contributed by atoms with Crippen molar-refractivity contribution < 1.29 is 4.74 Å². The molecule has 1 aromatic carbocycles. The van der Waals surface area contributed by atoms with Gasteiger partial charge in [0.25, 0.3) is 0 Å². The van der Waals surface area contributed by atoms with E-state index in [4.69, 9.17) is 4.74 Å². The third-order valence-electron chi connectivity index (χ3n) is 4.62. The molecule has 0 spiro atoms. The molecule has 1 aliphatic heterocycles. The fraction of sp³-hybridized carbons (Fsp3) is 0.611. The molecule has 1 fully saturated rings. The topological polar surface area (TPSA) is 56.1 Å². The first kappa shape index (κ1) is 17.0. The van der Waals surface area contributed by atoms with Crippen LogP contribution in [-0.2, 0) is 4.74 Å². The van der Waals surface area contributed by atoms with E-state index >= 15 is 0 Å². The van der Waals surface area contributed by atoms with Gasteiger partial charge in [0.1, 0.15) is 0 Å². The summed E-state index contributed by atoms with van der Waals surface area (Å²) in [5.41, 5.74) is 3.47. The van der Waals surface area contributed by atoms with Crippen LogP contribution in [0.25, 0.3) is 5.69 Å². The standard InChI is InChI=1S/C18H27N5O/c1-13(2)12-16(22-8-10-24-11-9-22)18-19-20-21-23(18)17-14(3)6-5-7-15(17)4/h5-7,13,16H,8-12H2,1-4H3/t16-/m0/s1. The van der Waals surface area contributed by atoms with Crippen molar-refractivity contribution >= 4 is 0 Å². The van der Waals surface area contributed by atoms with E-state index in [1.165, 1.54) is 11.1 Å². The van der Waals surface area contributed by atoms with Gasteiger partial charge in [0.15, 0.2) is 5.82 Å². The van der Waals surface area contributed by atoms with Crippen LogP contribution in [0.2, 0.25) is 0 Å². The highest BCUT2D eigenvalue weighted by Crippen LogP contribution is 2.29. The minimum atomic E-state index is 0.211. The van der Waals surface area contributed by atoms with Crippen molar-refractivity contribution in [3.05, 3.63) is 35.2 Å². The minimum Gasteiger partial charge on any atom is -0.379 e. The molecule has 3 rings (SSSR count). The summed E-state index contributed by atoms with van der Waals surface area (Å²) in [4.78, 5) is 2.46. The Morgan fingerprint density at radius 1 is 1.12 bits per heavy atom. The molecule has 6 nitrogen and oxygen atoms in total. The maximum absolute atomic E-state index is 5.53. The smallest absolute Gasteiger partial charge is 0.173 e. The van der Waals surface area contributed by atoms with Gasteiger partial charge in [-0.25, -0.2) is 0 Å². The molecule has 24 heavy (non-hydrogen) atoms. The normalized spacial score (nSPS) is 17.4. The monoisotopic (exact) mass is 329 g/mol. The molecule has 1 atom stereocenters. The van der Waals surface area contributed by atoms with Crippen LogP contribution < -0.4 is 0 Å². The summed E-state index contributed by atoms with van der Waals surface area (Å²) in [6.07, 6.45) is 1.03. The Hall–Kier alpha value is -1.79. The summed E-state index contributed by atoms with van der Waals surface area (Å²) < 4.78 is 7.46. The van der Waals surface area contributed by atoms with Gasteiger partial charge in [0, 0.05) is 13.1 Å². The van der Waals surface area contributed by atoms with Crippen molar-refractivity contribution in [2.45, 2.75) is 40.2 Å². The number of tetrazole rings is 1. The van der Waals surface area contributed by atoms with Crippen LogP contribution in [0.4, 0.5) is 0 Å². The predicted octanol–water partition coefficient (Wildman–Crippen LogP) is 2.70. The van der Waals surface area contributed by atoms with E-state index in [9.17, 15) is 0 Å². The van der Waals surface area contributed by atoms with E-state index in [0.29, 0.717) is 5.92 Å². The molecule has 1 aromatic heterocycles. The minimum absolute atomic E-state index is 0.211. The van der Waals surface area contributed by atoms with Crippen LogP contribution in [0.3, 0.4) is 0 Å². The molecule has 0 N–H and O–H groups in total. The van der Waals surface area contributed by atoms with Crippen molar-refractivity contribution in [1.82, 2.24) is 25.1 Å². The average molecular weight is 329 g/mol. The quantitative estimate of drug-likeness (QED) is 0.844. The fourth-order valence-corrected chi connectivity index (χ4v) is 3.45. The summed E-state index contributed by atoms with van der Waals surface area (Å²) in [5, 5.41) is 12.8. The number of morpholine rings is 1. The number of hydrogen-bond donors (Lipinski definition) is 0. The fourth-order valence-electron chi connectivity index (χ4n) is 3.45. The van der Waals surface area contributed by atoms with Crippen molar-refractivity contribution in [2.75, 3.05) is 26.3 Å². The first-order chi connectivity index (χ1) is 11.6. The third kappa shape index (κ3) is 3.49. The van der Waals surface area contributed by atoms with E-state index in [1.807, 2.05) is 4.68 Å². The lowest BCUT2D eigenvalue weighted by atomic mass is 10.0. The lowest BCUT2D eigenvalue weighted by Crippen LogP contribution is -2.40. The first-order valence-electron chi connectivity index (χ1n) is 8.74. The Balaban J connectivity index is 2.01. The summed E-state index contributed by atoms with van der Waals surface area (Å²) in [7, 11) is 0. The lowest BCUT2D eigenvalue weighted by molar-refractivity contribution is 0.00910. The summed E-state index contributed by atoms with van der Waals surface area (Å²) in [6.45, 7) is 12.1. The van der Waals surface area contributed by atoms with E-state index in [1.54, 1.807) is 0 Å². The number of para-hydroxylation sites is 1. The van der Waals surface area contributed by atoms with Gasteiger partial charge in [-0.1, -0.05) is 32.0 Å². The van der Waals surface area contributed by atoms with Crippen molar-refractivity contribution in [1.29, 1.82) is 0 Å². The number of benzene rings is 1. The van der Waals surface area contributed by atoms with Crippen LogP contribution >= 0.6 is 0 Å². The van der Waals surface area contributed by atoms with E-state index in [-0.39, 0.29) is 6.04 Å². The van der Waals surface area contributed by atoms with Gasteiger partial charge in [-0.3, -0.25) is 4.90 Å². The molecule has 2 heterocycles. The zero-order valence-corrected chi connectivity index (χ0v) is 15.1. The van der Waals surface area contributed by atoms with Crippen LogP contribution in [0.5, 0.6) is 0 Å². The molecule has 0 unspecified atom stereocenters. The van der Waals surface area contributed by atoms with Gasteiger partial charge >= 0.3 is 0 Å². The van der Waals surface area contributed by atoms with Gasteiger partial charge < -0.3 is 4.74 Å². The molecule has 0 aliphatic carbocycles. The number of hydrogen-bond acceptors (Lipinski definition) is 5. The Morgan fingerprint density at radius 3 is 2.42 bits per heavy atom. The average Bonchev–Trinajstić information content (AvgIpc) is 3.02. The zero-order valence-electron chi connectivity index (χ0n) is 15.1. The lowest BCUT2D eigenvalue weighted by Gasteiger charge is -2.34. The highest BCUT2D eigenvalue weighted by Gasteiger charge is 2.29. The maximum atomic E-state index is 5.53. The van der Waals surface area contributed by atoms with Crippen molar-refractivity contribution in [3.63, 3.8) is 0 Å². The second-order valence-electron chi connectivity index (χ2n) is 6.98. The molecule has 130 valence electrons. The first-order valence-corrected chi connectivity index (χ1v) is 8.74. The molecule has 1 saturated heterocycles. The second kappa shape index (κ2) is 7.40. The summed E-state index contributed by atoms with van der Waals surface area (Å²) >= 11 is 0. The summed E-state index contributed by atoms with van der Waals surface area (Å²) in [5.74, 6) is 1.50. The van der Waals surface area contributed by atoms with E-state index in [2.05, 4.69) is 66.3 Å². The molecule has 2 aromatic rings. The number of nitrogens with zero attached hydrogens (tertiary/aromatic N) is 5. The predicted molar refractivity (Wildman–Crippen MR) is 93.2 cm³/mol. The van der Waals surface area contributed by atoms with E-state index in [0.717, 1.165) is 44.2 Å². The third-order valence-corrected chi connectivity index (χ3v) is 4.62. The van der Waals surface area contributed by atoms with Crippen LogP contribution in [0, 0.1) is 19.8 Å². The van der Waals surface area contributed by atoms with Gasteiger partial charge in [-0.05, 0) is 47.7 Å². The largest absolute Gasteiger partial charge is 0.379 e. The molecule has 0 radical (unpaired) electrons. The maximum Gasteiger partial charge on any atom is 0.173 e. The van der Waals surface area contributed by atoms with Crippen molar-refractivity contribution in [3.8, 4) is 5.69 Å². The Labute approximate surface area is 143 Å². The molecule has 6 heteroatoms. The van der Waals surface area contributed by atoms with Crippen LogP contribution in [0.1, 0.15) is 43.3 Å². The van der Waals surface area contributed by atoms with Crippen LogP contribution in [0.15, 0.2) is 18.2 Å². The van der Waals surface area contributed by atoms with E-state index < -0.39 is 0 Å². The van der Waals surface area contributed by atoms with Gasteiger partial charge in [-0.2, -0.15) is 4.68 Å². The summed E-state index contributed by atoms with van der Waals surface area (Å²) in [6, 6.07) is 6.51. The van der Waals surface area contributed by atoms with Crippen molar-refractivity contribution in [2.24, 2.45) is 5.92 Å². The van der Waals surface area contributed by atoms with Crippen LogP contribution in [-0.4, -0.2) is 51.4 Å². The zero-order chi connectivity index (χ0) is 17.1. The van der Waals surface area contributed by atoms with Gasteiger partial charge in [0.2, 0.25) is 0 Å². The van der Waals surface area contributed by atoms with Gasteiger partial charge in [0.05, 0.1) is 24.9 Å².